The minimum absolute atomic E-state index is 0.287. The van der Waals surface area contributed by atoms with Crippen molar-refractivity contribution in [3.8, 4) is 0 Å². The Balaban J connectivity index is 1.33. The molecule has 152 valence electrons. The summed E-state index contributed by atoms with van der Waals surface area (Å²) in [7, 11) is 1.89. The highest BCUT2D eigenvalue weighted by Crippen LogP contribution is 2.43. The number of hydrogen-bond acceptors (Lipinski definition) is 2. The Morgan fingerprint density at radius 3 is 2.68 bits per heavy atom. The predicted octanol–water partition coefficient (Wildman–Crippen LogP) is 3.54. The number of benzene rings is 1. The fourth-order valence-corrected chi connectivity index (χ4v) is 5.27. The van der Waals surface area contributed by atoms with Gasteiger partial charge in [-0.3, -0.25) is 9.79 Å². The number of guanidine groups is 1. The van der Waals surface area contributed by atoms with Crippen LogP contribution in [0.1, 0.15) is 62.5 Å². The molecule has 1 aromatic rings. The molecular formula is C23H34N4O. The lowest BCUT2D eigenvalue weighted by Gasteiger charge is -2.33. The molecular weight excluding hydrogens is 348 g/mol. The third kappa shape index (κ3) is 4.34. The molecule has 0 unspecified atom stereocenters. The van der Waals surface area contributed by atoms with E-state index in [9.17, 15) is 4.79 Å². The SMILES string of the molecule is CN=C(NCc1cccc(CN2CCCC2=O)c1)N1CCC2(CCCCC2)C1. The maximum absolute atomic E-state index is 11.9. The zero-order chi connectivity index (χ0) is 19.4. The summed E-state index contributed by atoms with van der Waals surface area (Å²) in [5, 5.41) is 3.57. The monoisotopic (exact) mass is 382 g/mol. The smallest absolute Gasteiger partial charge is 0.222 e. The second-order valence-corrected chi connectivity index (χ2v) is 8.87. The van der Waals surface area contributed by atoms with Crippen LogP contribution in [0.5, 0.6) is 0 Å². The Hall–Kier alpha value is -2.04. The van der Waals surface area contributed by atoms with Gasteiger partial charge in [-0.2, -0.15) is 0 Å². The Bertz CT molecular complexity index is 723. The average molecular weight is 383 g/mol. The van der Waals surface area contributed by atoms with Crippen LogP contribution < -0.4 is 5.32 Å². The van der Waals surface area contributed by atoms with E-state index in [2.05, 4.69) is 39.5 Å². The molecule has 5 heteroatoms. The quantitative estimate of drug-likeness (QED) is 0.640. The lowest BCUT2D eigenvalue weighted by atomic mass is 9.73. The van der Waals surface area contributed by atoms with Crippen LogP contribution in [0.25, 0.3) is 0 Å². The van der Waals surface area contributed by atoms with Crippen LogP contribution in [0, 0.1) is 5.41 Å². The fraction of sp³-hybridized carbons (Fsp3) is 0.652. The number of nitrogens with zero attached hydrogens (tertiary/aromatic N) is 3. The lowest BCUT2D eigenvalue weighted by Crippen LogP contribution is -2.41. The van der Waals surface area contributed by atoms with Crippen LogP contribution in [0.2, 0.25) is 0 Å². The van der Waals surface area contributed by atoms with Crippen molar-refractivity contribution in [1.82, 2.24) is 15.1 Å². The van der Waals surface area contributed by atoms with Gasteiger partial charge in [-0.25, -0.2) is 0 Å². The molecule has 1 spiro atoms. The molecule has 0 aromatic heterocycles. The van der Waals surface area contributed by atoms with E-state index in [1.54, 1.807) is 0 Å². The number of rotatable bonds is 4. The summed E-state index contributed by atoms with van der Waals surface area (Å²) < 4.78 is 0. The first-order valence-electron chi connectivity index (χ1n) is 11.0. The topological polar surface area (TPSA) is 47.9 Å². The van der Waals surface area contributed by atoms with Crippen LogP contribution in [-0.2, 0) is 17.9 Å². The molecule has 0 bridgehead atoms. The Morgan fingerprint density at radius 2 is 1.93 bits per heavy atom. The van der Waals surface area contributed by atoms with Crippen molar-refractivity contribution in [1.29, 1.82) is 0 Å². The Labute approximate surface area is 169 Å². The first-order valence-corrected chi connectivity index (χ1v) is 11.0. The van der Waals surface area contributed by atoms with Gasteiger partial charge in [0.05, 0.1) is 0 Å². The fourth-order valence-electron chi connectivity index (χ4n) is 5.27. The van der Waals surface area contributed by atoms with Crippen LogP contribution in [0.4, 0.5) is 0 Å². The number of aliphatic imine (C=N–C) groups is 1. The molecule has 1 N–H and O–H groups in total. The summed E-state index contributed by atoms with van der Waals surface area (Å²) in [6.45, 7) is 4.68. The first-order chi connectivity index (χ1) is 13.7. The van der Waals surface area contributed by atoms with Crippen LogP contribution >= 0.6 is 0 Å². The van der Waals surface area contributed by atoms with E-state index in [1.165, 1.54) is 49.7 Å². The van der Waals surface area contributed by atoms with Crippen molar-refractivity contribution in [3.63, 3.8) is 0 Å². The Morgan fingerprint density at radius 1 is 1.11 bits per heavy atom. The van der Waals surface area contributed by atoms with E-state index in [0.717, 1.165) is 45.1 Å². The van der Waals surface area contributed by atoms with Gasteiger partial charge in [0, 0.05) is 46.2 Å². The van der Waals surface area contributed by atoms with E-state index in [1.807, 2.05) is 11.9 Å². The minimum Gasteiger partial charge on any atom is -0.352 e. The summed E-state index contributed by atoms with van der Waals surface area (Å²) in [6.07, 6.45) is 9.98. The van der Waals surface area contributed by atoms with E-state index in [0.29, 0.717) is 11.8 Å². The number of carbonyl (C=O) groups is 1. The van der Waals surface area contributed by atoms with Gasteiger partial charge in [0.1, 0.15) is 0 Å². The summed E-state index contributed by atoms with van der Waals surface area (Å²) in [5.74, 6) is 1.32. The van der Waals surface area contributed by atoms with Gasteiger partial charge in [-0.15, -0.1) is 0 Å². The highest BCUT2D eigenvalue weighted by molar-refractivity contribution is 5.80. The largest absolute Gasteiger partial charge is 0.352 e. The van der Waals surface area contributed by atoms with Crippen molar-refractivity contribution in [2.75, 3.05) is 26.7 Å². The van der Waals surface area contributed by atoms with Gasteiger partial charge in [-0.05, 0) is 42.2 Å². The number of hydrogen-bond donors (Lipinski definition) is 1. The standard InChI is InChI=1S/C23H34N4O/c1-24-22(27-14-12-23(18-27)10-3-2-4-11-23)25-16-19-7-5-8-20(15-19)17-26-13-6-9-21(26)28/h5,7-8,15H,2-4,6,9-14,16-18H2,1H3,(H,24,25). The predicted molar refractivity (Wildman–Crippen MR) is 113 cm³/mol. The maximum atomic E-state index is 11.9. The zero-order valence-corrected chi connectivity index (χ0v) is 17.3. The van der Waals surface area contributed by atoms with Crippen molar-refractivity contribution in [2.24, 2.45) is 10.4 Å². The summed E-state index contributed by atoms with van der Waals surface area (Å²) in [4.78, 5) is 20.9. The highest BCUT2D eigenvalue weighted by atomic mass is 16.2. The Kier molecular flexibility index (Phi) is 5.88. The first kappa shape index (κ1) is 19.3. The lowest BCUT2D eigenvalue weighted by molar-refractivity contribution is -0.128. The second-order valence-electron chi connectivity index (χ2n) is 8.87. The maximum Gasteiger partial charge on any atom is 0.222 e. The number of carbonyl (C=O) groups excluding carboxylic acids is 1. The molecule has 3 aliphatic rings. The van der Waals surface area contributed by atoms with Gasteiger partial charge in [0.25, 0.3) is 0 Å². The van der Waals surface area contributed by atoms with Gasteiger partial charge in [-0.1, -0.05) is 43.5 Å². The molecule has 4 rings (SSSR count). The molecule has 28 heavy (non-hydrogen) atoms. The summed E-state index contributed by atoms with van der Waals surface area (Å²) in [6, 6.07) is 8.60. The molecule has 3 fully saturated rings. The van der Waals surface area contributed by atoms with Gasteiger partial charge in [0.15, 0.2) is 5.96 Å². The average Bonchev–Trinajstić information content (AvgIpc) is 3.30. The van der Waals surface area contributed by atoms with E-state index in [-0.39, 0.29) is 5.91 Å². The molecule has 2 saturated heterocycles. The van der Waals surface area contributed by atoms with Crippen molar-refractivity contribution >= 4 is 11.9 Å². The summed E-state index contributed by atoms with van der Waals surface area (Å²) >= 11 is 0. The highest BCUT2D eigenvalue weighted by Gasteiger charge is 2.39. The van der Waals surface area contributed by atoms with Crippen molar-refractivity contribution < 1.29 is 4.79 Å². The van der Waals surface area contributed by atoms with Gasteiger partial charge < -0.3 is 15.1 Å². The zero-order valence-electron chi connectivity index (χ0n) is 17.3. The molecule has 1 aromatic carbocycles. The molecule has 0 atom stereocenters. The van der Waals surface area contributed by atoms with Crippen LogP contribution in [0.3, 0.4) is 0 Å². The van der Waals surface area contributed by atoms with E-state index >= 15 is 0 Å². The third-order valence-corrected chi connectivity index (χ3v) is 6.85. The number of nitrogens with one attached hydrogen (secondary N) is 1. The number of amides is 1. The van der Waals surface area contributed by atoms with Crippen molar-refractivity contribution in [3.05, 3.63) is 35.4 Å². The number of likely N-dealkylation sites (tertiary alicyclic amines) is 2. The minimum atomic E-state index is 0.287. The van der Waals surface area contributed by atoms with Crippen LogP contribution in [0.15, 0.2) is 29.3 Å². The molecule has 1 amide bonds. The second kappa shape index (κ2) is 8.54. The third-order valence-electron chi connectivity index (χ3n) is 6.85. The van der Waals surface area contributed by atoms with Gasteiger partial charge >= 0.3 is 0 Å². The molecule has 2 aliphatic heterocycles. The molecule has 2 heterocycles. The molecule has 1 aliphatic carbocycles. The van der Waals surface area contributed by atoms with Gasteiger partial charge in [0.2, 0.25) is 5.91 Å². The molecule has 0 radical (unpaired) electrons. The van der Waals surface area contributed by atoms with Crippen LogP contribution in [-0.4, -0.2) is 48.3 Å². The molecule has 1 saturated carbocycles. The summed E-state index contributed by atoms with van der Waals surface area (Å²) in [5.41, 5.74) is 3.00. The van der Waals surface area contributed by atoms with Crippen molar-refractivity contribution in [2.45, 2.75) is 64.5 Å². The van der Waals surface area contributed by atoms with E-state index in [4.69, 9.17) is 0 Å². The molecule has 5 nitrogen and oxygen atoms in total. The van der Waals surface area contributed by atoms with E-state index < -0.39 is 0 Å². The normalized spacial score (nSPS) is 22.3.